The molecule has 1 aliphatic heterocycles. The van der Waals surface area contributed by atoms with Gasteiger partial charge in [0.2, 0.25) is 0 Å². The molecule has 20 heavy (non-hydrogen) atoms. The fraction of sp³-hybridized carbons (Fsp3) is 0.750. The molecule has 1 atom stereocenters. The van der Waals surface area contributed by atoms with Crippen molar-refractivity contribution in [3.8, 4) is 0 Å². The van der Waals surface area contributed by atoms with Crippen LogP contribution in [0.4, 0.5) is 11.6 Å². The zero-order valence-electron chi connectivity index (χ0n) is 12.9. The lowest BCUT2D eigenvalue weighted by atomic mass is 10.1. The molecule has 1 saturated carbocycles. The maximum absolute atomic E-state index is 4.93. The van der Waals surface area contributed by atoms with E-state index in [9.17, 15) is 0 Å². The molecule has 2 aliphatic rings. The Balaban J connectivity index is 1.99. The quantitative estimate of drug-likeness (QED) is 0.892. The molecule has 2 fully saturated rings. The number of anilines is 2. The number of nitrogens with one attached hydrogen (secondary N) is 1. The molecular formula is C16H26N4. The lowest BCUT2D eigenvalue weighted by Gasteiger charge is -2.27. The first-order valence-corrected chi connectivity index (χ1v) is 8.13. The number of hydrogen-bond donors (Lipinski definition) is 1. The van der Waals surface area contributed by atoms with Crippen LogP contribution in [-0.4, -0.2) is 29.1 Å². The maximum Gasteiger partial charge on any atom is 0.137 e. The summed E-state index contributed by atoms with van der Waals surface area (Å²) in [5.74, 6) is 3.89. The van der Waals surface area contributed by atoms with E-state index in [-0.39, 0.29) is 0 Å². The highest BCUT2D eigenvalue weighted by Crippen LogP contribution is 2.40. The van der Waals surface area contributed by atoms with E-state index < -0.39 is 0 Å². The molecule has 0 bridgehead atoms. The molecule has 110 valence electrons. The van der Waals surface area contributed by atoms with Crippen molar-refractivity contribution in [2.75, 3.05) is 23.3 Å². The SMILES string of the molecule is CCNc1nc(C2CC2)nc(N2CCCC2CC)c1C. The average molecular weight is 274 g/mol. The van der Waals surface area contributed by atoms with Crippen LogP contribution in [0.25, 0.3) is 0 Å². The van der Waals surface area contributed by atoms with Crippen LogP contribution in [0.5, 0.6) is 0 Å². The third-order valence-corrected chi connectivity index (χ3v) is 4.54. The third kappa shape index (κ3) is 2.48. The van der Waals surface area contributed by atoms with Crippen molar-refractivity contribution >= 4 is 11.6 Å². The molecule has 1 saturated heterocycles. The third-order valence-electron chi connectivity index (χ3n) is 4.54. The number of hydrogen-bond acceptors (Lipinski definition) is 4. The highest BCUT2D eigenvalue weighted by atomic mass is 15.2. The van der Waals surface area contributed by atoms with E-state index in [0.29, 0.717) is 12.0 Å². The molecule has 4 heteroatoms. The first-order valence-electron chi connectivity index (χ1n) is 8.13. The summed E-state index contributed by atoms with van der Waals surface area (Å²) in [5, 5.41) is 3.42. The summed E-state index contributed by atoms with van der Waals surface area (Å²) in [7, 11) is 0. The number of rotatable bonds is 5. The Kier molecular flexibility index (Phi) is 3.81. The summed E-state index contributed by atoms with van der Waals surface area (Å²) in [6, 6.07) is 0.658. The van der Waals surface area contributed by atoms with Gasteiger partial charge >= 0.3 is 0 Å². The summed E-state index contributed by atoms with van der Waals surface area (Å²) >= 11 is 0. The highest BCUT2D eigenvalue weighted by molar-refractivity contribution is 5.60. The Morgan fingerprint density at radius 1 is 1.20 bits per heavy atom. The summed E-state index contributed by atoms with van der Waals surface area (Å²) in [6.45, 7) is 8.63. The van der Waals surface area contributed by atoms with Gasteiger partial charge in [-0.1, -0.05) is 6.92 Å². The smallest absolute Gasteiger partial charge is 0.137 e. The fourth-order valence-corrected chi connectivity index (χ4v) is 3.20. The van der Waals surface area contributed by atoms with Crippen molar-refractivity contribution in [3.63, 3.8) is 0 Å². The van der Waals surface area contributed by atoms with Gasteiger partial charge in [0.05, 0.1) is 0 Å². The van der Waals surface area contributed by atoms with Crippen molar-refractivity contribution < 1.29 is 0 Å². The molecule has 2 heterocycles. The largest absolute Gasteiger partial charge is 0.370 e. The topological polar surface area (TPSA) is 41.1 Å². The molecule has 1 aromatic heterocycles. The second-order valence-electron chi connectivity index (χ2n) is 6.08. The first-order chi connectivity index (χ1) is 9.74. The van der Waals surface area contributed by atoms with Gasteiger partial charge in [-0.3, -0.25) is 0 Å². The lowest BCUT2D eigenvalue weighted by molar-refractivity contribution is 0.637. The minimum Gasteiger partial charge on any atom is -0.370 e. The van der Waals surface area contributed by atoms with Crippen LogP contribution in [0.15, 0.2) is 0 Å². The maximum atomic E-state index is 4.93. The minimum atomic E-state index is 0.606. The van der Waals surface area contributed by atoms with E-state index in [1.807, 2.05) is 0 Å². The first kappa shape index (κ1) is 13.7. The van der Waals surface area contributed by atoms with Crippen LogP contribution in [0, 0.1) is 6.92 Å². The Hall–Kier alpha value is -1.32. The van der Waals surface area contributed by atoms with Crippen LogP contribution in [0.3, 0.4) is 0 Å². The minimum absolute atomic E-state index is 0.606. The molecule has 0 aromatic carbocycles. The van der Waals surface area contributed by atoms with Crippen LogP contribution in [0.1, 0.15) is 63.3 Å². The zero-order valence-corrected chi connectivity index (χ0v) is 12.9. The van der Waals surface area contributed by atoms with Gasteiger partial charge in [-0.25, -0.2) is 9.97 Å². The van der Waals surface area contributed by atoms with Crippen molar-refractivity contribution in [2.24, 2.45) is 0 Å². The van der Waals surface area contributed by atoms with Gasteiger partial charge in [0.1, 0.15) is 17.5 Å². The van der Waals surface area contributed by atoms with Gasteiger partial charge in [0.25, 0.3) is 0 Å². The Morgan fingerprint density at radius 3 is 2.65 bits per heavy atom. The summed E-state index contributed by atoms with van der Waals surface area (Å²) in [4.78, 5) is 12.2. The van der Waals surface area contributed by atoms with Crippen molar-refractivity contribution in [1.82, 2.24) is 9.97 Å². The standard InChI is InChI=1S/C16H26N4/c1-4-13-7-6-10-20(13)16-11(3)14(17-5-2)18-15(19-16)12-8-9-12/h12-13H,4-10H2,1-3H3,(H,17,18,19). The molecule has 1 aliphatic carbocycles. The Labute approximate surface area is 122 Å². The van der Waals surface area contributed by atoms with E-state index in [1.54, 1.807) is 0 Å². The lowest BCUT2D eigenvalue weighted by Crippen LogP contribution is -2.30. The number of aromatic nitrogens is 2. The second-order valence-corrected chi connectivity index (χ2v) is 6.08. The van der Waals surface area contributed by atoms with Gasteiger partial charge < -0.3 is 10.2 Å². The number of nitrogens with zero attached hydrogens (tertiary/aromatic N) is 3. The van der Waals surface area contributed by atoms with Gasteiger partial charge in [-0.05, 0) is 46.0 Å². The zero-order chi connectivity index (χ0) is 14.1. The Morgan fingerprint density at radius 2 is 2.00 bits per heavy atom. The summed E-state index contributed by atoms with van der Waals surface area (Å²) in [5.41, 5.74) is 1.22. The van der Waals surface area contributed by atoms with Crippen molar-refractivity contribution in [3.05, 3.63) is 11.4 Å². The van der Waals surface area contributed by atoms with E-state index in [2.05, 4.69) is 31.0 Å². The van der Waals surface area contributed by atoms with Crippen molar-refractivity contribution in [2.45, 2.75) is 64.8 Å². The second kappa shape index (κ2) is 5.58. The Bertz CT molecular complexity index is 482. The van der Waals surface area contributed by atoms with Gasteiger partial charge in [0.15, 0.2) is 0 Å². The predicted molar refractivity (Wildman–Crippen MR) is 83.6 cm³/mol. The van der Waals surface area contributed by atoms with Gasteiger partial charge in [-0.2, -0.15) is 0 Å². The summed E-state index contributed by atoms with van der Waals surface area (Å²) < 4.78 is 0. The van der Waals surface area contributed by atoms with Crippen LogP contribution >= 0.6 is 0 Å². The summed E-state index contributed by atoms with van der Waals surface area (Å²) in [6.07, 6.45) is 6.31. The molecule has 0 spiro atoms. The molecule has 1 N–H and O–H groups in total. The van der Waals surface area contributed by atoms with E-state index >= 15 is 0 Å². The highest BCUT2D eigenvalue weighted by Gasteiger charge is 2.31. The van der Waals surface area contributed by atoms with E-state index in [1.165, 1.54) is 43.5 Å². The van der Waals surface area contributed by atoms with Gasteiger partial charge in [0, 0.05) is 30.6 Å². The average Bonchev–Trinajstić information content (AvgIpc) is 3.19. The van der Waals surface area contributed by atoms with E-state index in [4.69, 9.17) is 9.97 Å². The monoisotopic (exact) mass is 274 g/mol. The molecule has 1 unspecified atom stereocenters. The van der Waals surface area contributed by atoms with Crippen LogP contribution in [-0.2, 0) is 0 Å². The van der Waals surface area contributed by atoms with Crippen LogP contribution in [0.2, 0.25) is 0 Å². The van der Waals surface area contributed by atoms with E-state index in [0.717, 1.165) is 24.7 Å². The molecule has 0 amide bonds. The molecular weight excluding hydrogens is 248 g/mol. The predicted octanol–water partition coefficient (Wildman–Crippen LogP) is 3.47. The van der Waals surface area contributed by atoms with Crippen LogP contribution < -0.4 is 10.2 Å². The molecule has 0 radical (unpaired) electrons. The fourth-order valence-electron chi connectivity index (χ4n) is 3.20. The molecule has 3 rings (SSSR count). The van der Waals surface area contributed by atoms with Crippen molar-refractivity contribution in [1.29, 1.82) is 0 Å². The normalized spacial score (nSPS) is 22.4. The molecule has 4 nitrogen and oxygen atoms in total. The molecule has 1 aromatic rings. The van der Waals surface area contributed by atoms with Gasteiger partial charge in [-0.15, -0.1) is 0 Å².